The first-order valence-corrected chi connectivity index (χ1v) is 4.51. The van der Waals surface area contributed by atoms with Gasteiger partial charge >= 0.3 is 6.16 Å². The molecular formula is C9H20N2O3. The van der Waals surface area contributed by atoms with Crippen LogP contribution in [0.5, 0.6) is 0 Å². The lowest BCUT2D eigenvalue weighted by atomic mass is 9.49. The zero-order chi connectivity index (χ0) is 11.7. The summed E-state index contributed by atoms with van der Waals surface area (Å²) in [7, 11) is 0. The molecule has 0 aliphatic heterocycles. The monoisotopic (exact) mass is 204 g/mol. The van der Waals surface area contributed by atoms with E-state index in [9.17, 15) is 0 Å². The van der Waals surface area contributed by atoms with Crippen molar-refractivity contribution in [2.24, 2.45) is 22.8 Å². The van der Waals surface area contributed by atoms with Gasteiger partial charge in [-0.25, -0.2) is 4.79 Å². The highest BCUT2D eigenvalue weighted by atomic mass is 16.6. The summed E-state index contributed by atoms with van der Waals surface area (Å²) in [5.74, 6) is 0.447. The van der Waals surface area contributed by atoms with Gasteiger partial charge in [-0.1, -0.05) is 20.8 Å². The Labute approximate surface area is 84.1 Å². The van der Waals surface area contributed by atoms with Gasteiger partial charge < -0.3 is 21.7 Å². The van der Waals surface area contributed by atoms with Crippen LogP contribution in [0, 0.1) is 11.3 Å². The van der Waals surface area contributed by atoms with Crippen LogP contribution in [0.15, 0.2) is 0 Å². The van der Waals surface area contributed by atoms with Crippen LogP contribution in [0.1, 0.15) is 27.7 Å². The third-order valence-electron chi connectivity index (χ3n) is 3.71. The van der Waals surface area contributed by atoms with Crippen molar-refractivity contribution in [3.63, 3.8) is 0 Å². The highest BCUT2D eigenvalue weighted by molar-refractivity contribution is 5.53. The SMILES string of the molecule is CC1C(N)C(C)(C)C1(C)N.O=C(O)O. The Bertz CT molecular complexity index is 204. The largest absolute Gasteiger partial charge is 0.503 e. The summed E-state index contributed by atoms with van der Waals surface area (Å²) in [4.78, 5) is 8.56. The highest BCUT2D eigenvalue weighted by Crippen LogP contribution is 2.50. The molecule has 1 aliphatic carbocycles. The third kappa shape index (κ3) is 1.99. The lowest BCUT2D eigenvalue weighted by molar-refractivity contribution is -0.0478. The van der Waals surface area contributed by atoms with E-state index in [1.165, 1.54) is 0 Å². The van der Waals surface area contributed by atoms with E-state index in [1.54, 1.807) is 0 Å². The fourth-order valence-electron chi connectivity index (χ4n) is 1.85. The zero-order valence-electron chi connectivity index (χ0n) is 9.11. The Hall–Kier alpha value is -0.810. The van der Waals surface area contributed by atoms with E-state index in [2.05, 4.69) is 27.7 Å². The normalized spacial score (nSPS) is 39.0. The van der Waals surface area contributed by atoms with Gasteiger partial charge in [0, 0.05) is 11.6 Å². The first kappa shape index (κ1) is 13.2. The van der Waals surface area contributed by atoms with E-state index >= 15 is 0 Å². The topological polar surface area (TPSA) is 110 Å². The van der Waals surface area contributed by atoms with Gasteiger partial charge in [0.2, 0.25) is 0 Å². The minimum atomic E-state index is -1.83. The molecule has 0 aromatic heterocycles. The lowest BCUT2D eigenvalue weighted by Crippen LogP contribution is -2.76. The Morgan fingerprint density at radius 1 is 1.29 bits per heavy atom. The predicted octanol–water partition coefficient (Wildman–Crippen LogP) is 0.929. The Morgan fingerprint density at radius 2 is 1.57 bits per heavy atom. The molecular weight excluding hydrogens is 184 g/mol. The summed E-state index contributed by atoms with van der Waals surface area (Å²) >= 11 is 0. The van der Waals surface area contributed by atoms with E-state index in [4.69, 9.17) is 26.5 Å². The molecule has 0 bridgehead atoms. The summed E-state index contributed by atoms with van der Waals surface area (Å²) in [6, 6.07) is 0.266. The number of rotatable bonds is 0. The molecule has 1 fully saturated rings. The molecule has 1 saturated carbocycles. The highest BCUT2D eigenvalue weighted by Gasteiger charge is 2.58. The molecule has 0 radical (unpaired) electrons. The second-order valence-electron chi connectivity index (χ2n) is 4.60. The van der Waals surface area contributed by atoms with Gasteiger partial charge in [0.25, 0.3) is 0 Å². The van der Waals surface area contributed by atoms with Gasteiger partial charge in [0.05, 0.1) is 0 Å². The van der Waals surface area contributed by atoms with Crippen LogP contribution >= 0.6 is 0 Å². The Balaban J connectivity index is 0.000000364. The molecule has 0 amide bonds. The van der Waals surface area contributed by atoms with Gasteiger partial charge in [0.1, 0.15) is 0 Å². The van der Waals surface area contributed by atoms with Crippen LogP contribution in [0.3, 0.4) is 0 Å². The fourth-order valence-corrected chi connectivity index (χ4v) is 1.85. The molecule has 5 heteroatoms. The summed E-state index contributed by atoms with van der Waals surface area (Å²) < 4.78 is 0. The summed E-state index contributed by atoms with van der Waals surface area (Å²) in [6.07, 6.45) is -1.83. The molecule has 14 heavy (non-hydrogen) atoms. The van der Waals surface area contributed by atoms with Gasteiger partial charge in [-0.3, -0.25) is 0 Å². The molecule has 3 atom stereocenters. The van der Waals surface area contributed by atoms with Gasteiger partial charge in [-0.2, -0.15) is 0 Å². The first-order chi connectivity index (χ1) is 6.05. The maximum Gasteiger partial charge on any atom is 0.503 e. The predicted molar refractivity (Wildman–Crippen MR) is 54.2 cm³/mol. The standard InChI is InChI=1S/C8H18N2.CH2O3/c1-5-6(9)7(2,3)8(5,4)10;2-1(3)4/h5-6H,9-10H2,1-4H3;(H2,2,3,4). The van der Waals surface area contributed by atoms with Crippen molar-refractivity contribution in [2.45, 2.75) is 39.3 Å². The minimum Gasteiger partial charge on any atom is -0.450 e. The van der Waals surface area contributed by atoms with Crippen molar-refractivity contribution in [1.29, 1.82) is 0 Å². The molecule has 0 aromatic rings. The van der Waals surface area contributed by atoms with Crippen molar-refractivity contribution in [3.05, 3.63) is 0 Å². The molecule has 1 aliphatic rings. The Kier molecular flexibility index (Phi) is 3.53. The number of carbonyl (C=O) groups is 1. The molecule has 6 N–H and O–H groups in total. The summed E-state index contributed by atoms with van der Waals surface area (Å²) in [5.41, 5.74) is 12.0. The number of nitrogens with two attached hydrogens (primary N) is 2. The maximum atomic E-state index is 8.56. The second-order valence-corrected chi connectivity index (χ2v) is 4.60. The van der Waals surface area contributed by atoms with E-state index in [0.717, 1.165) is 0 Å². The van der Waals surface area contributed by atoms with Gasteiger partial charge in [-0.05, 0) is 18.3 Å². The van der Waals surface area contributed by atoms with Crippen LogP contribution in [0.2, 0.25) is 0 Å². The average molecular weight is 204 g/mol. The van der Waals surface area contributed by atoms with Crippen molar-refractivity contribution >= 4 is 6.16 Å². The van der Waals surface area contributed by atoms with E-state index in [-0.39, 0.29) is 17.0 Å². The summed E-state index contributed by atoms with van der Waals surface area (Å²) in [5, 5.41) is 13.9. The molecule has 0 heterocycles. The lowest BCUT2D eigenvalue weighted by Gasteiger charge is -2.62. The smallest absolute Gasteiger partial charge is 0.450 e. The number of hydrogen-bond acceptors (Lipinski definition) is 3. The molecule has 0 spiro atoms. The van der Waals surface area contributed by atoms with Crippen molar-refractivity contribution in [2.75, 3.05) is 0 Å². The molecule has 1 rings (SSSR count). The number of hydrogen-bond donors (Lipinski definition) is 4. The van der Waals surface area contributed by atoms with Crippen LogP contribution in [-0.2, 0) is 0 Å². The van der Waals surface area contributed by atoms with Crippen LogP contribution in [-0.4, -0.2) is 27.9 Å². The van der Waals surface area contributed by atoms with E-state index < -0.39 is 6.16 Å². The first-order valence-electron chi connectivity index (χ1n) is 4.51. The van der Waals surface area contributed by atoms with Crippen molar-refractivity contribution in [1.82, 2.24) is 0 Å². The molecule has 0 saturated heterocycles. The number of carboxylic acid groups (broad SMARTS) is 2. The maximum absolute atomic E-state index is 8.56. The Morgan fingerprint density at radius 3 is 1.64 bits per heavy atom. The fraction of sp³-hybridized carbons (Fsp3) is 0.889. The second kappa shape index (κ2) is 3.74. The van der Waals surface area contributed by atoms with Crippen LogP contribution < -0.4 is 11.5 Å². The molecule has 84 valence electrons. The minimum absolute atomic E-state index is 0.0770. The average Bonchev–Trinajstić information content (AvgIpc) is 2.00. The van der Waals surface area contributed by atoms with E-state index in [0.29, 0.717) is 5.92 Å². The van der Waals surface area contributed by atoms with Crippen LogP contribution in [0.4, 0.5) is 4.79 Å². The molecule has 5 nitrogen and oxygen atoms in total. The summed E-state index contributed by atoms with van der Waals surface area (Å²) in [6.45, 7) is 8.48. The van der Waals surface area contributed by atoms with Gasteiger partial charge in [0.15, 0.2) is 0 Å². The van der Waals surface area contributed by atoms with Crippen molar-refractivity contribution < 1.29 is 15.0 Å². The van der Waals surface area contributed by atoms with Crippen LogP contribution in [0.25, 0.3) is 0 Å². The van der Waals surface area contributed by atoms with E-state index in [1.807, 2.05) is 0 Å². The van der Waals surface area contributed by atoms with Crippen molar-refractivity contribution in [3.8, 4) is 0 Å². The molecule has 3 unspecified atom stereocenters. The third-order valence-corrected chi connectivity index (χ3v) is 3.71. The quantitative estimate of drug-likeness (QED) is 0.469. The molecule has 0 aromatic carbocycles. The zero-order valence-corrected chi connectivity index (χ0v) is 9.11. The van der Waals surface area contributed by atoms with Gasteiger partial charge in [-0.15, -0.1) is 0 Å².